The summed E-state index contributed by atoms with van der Waals surface area (Å²) in [5, 5.41) is 0. The molecule has 0 aliphatic rings. The number of carbonyl (C=O) groups excluding carboxylic acids is 2. The van der Waals surface area contributed by atoms with E-state index in [4.69, 9.17) is 19.4 Å². The van der Waals surface area contributed by atoms with E-state index in [1.54, 1.807) is 85.3 Å². The molecule has 52 heavy (non-hydrogen) atoms. The van der Waals surface area contributed by atoms with Crippen LogP contribution in [0.3, 0.4) is 0 Å². The number of nitrogens with zero attached hydrogens (tertiary/aromatic N) is 3. The Bertz CT molecular complexity index is 2350. The zero-order chi connectivity index (χ0) is 37.3. The van der Waals surface area contributed by atoms with Crippen LogP contribution in [0.5, 0.6) is 0 Å². The first kappa shape index (κ1) is 41.9. The third kappa shape index (κ3) is 11.6. The third-order valence-corrected chi connectivity index (χ3v) is 24.8. The van der Waals surface area contributed by atoms with E-state index < -0.39 is 11.9 Å². The van der Waals surface area contributed by atoms with E-state index in [0.717, 1.165) is 33.6 Å². The number of benzene rings is 3. The van der Waals surface area contributed by atoms with Crippen LogP contribution in [-0.2, 0) is 112 Å². The summed E-state index contributed by atoms with van der Waals surface area (Å²) in [6, 6.07) is 32.0. The van der Waals surface area contributed by atoms with Crippen LogP contribution >= 0.6 is 0 Å². The average molecular weight is 896 g/mol. The fourth-order valence-corrected chi connectivity index (χ4v) is 24.1. The number of esters is 2. The molecule has 0 spiro atoms. The summed E-state index contributed by atoms with van der Waals surface area (Å²) in [6.45, 7) is 4.05. The van der Waals surface area contributed by atoms with Gasteiger partial charge in [0.15, 0.2) is 0 Å². The highest BCUT2D eigenvalue weighted by Gasteiger charge is 2.29. The van der Waals surface area contributed by atoms with Gasteiger partial charge in [-0.15, -0.1) is 0 Å². The number of aryl methyl sites for hydroxylation is 2. The zero-order valence-corrected chi connectivity index (χ0v) is 36.8. The molecule has 0 radical (unpaired) electrons. The van der Waals surface area contributed by atoms with Crippen molar-refractivity contribution in [1.82, 2.24) is 9.97 Å². The van der Waals surface area contributed by atoms with Crippen LogP contribution in [0.25, 0.3) is 22.5 Å². The summed E-state index contributed by atoms with van der Waals surface area (Å²) in [6.07, 6.45) is 0. The van der Waals surface area contributed by atoms with E-state index >= 15 is 0 Å². The molecule has 7 nitrogen and oxygen atoms in total. The number of methoxy groups -OCH3 is 2. The van der Waals surface area contributed by atoms with E-state index in [1.807, 2.05) is 98.8 Å². The van der Waals surface area contributed by atoms with E-state index in [-0.39, 0.29) is 16.8 Å². The number of pyridine rings is 2. The van der Waals surface area contributed by atoms with Gasteiger partial charge in [0.1, 0.15) is 11.6 Å². The van der Waals surface area contributed by atoms with Crippen molar-refractivity contribution >= 4 is 132 Å². The van der Waals surface area contributed by atoms with Gasteiger partial charge in [-0.2, -0.15) is 0 Å². The molecule has 0 saturated heterocycles. The van der Waals surface area contributed by atoms with Crippen LogP contribution in [0, 0.1) is 13.8 Å². The molecule has 0 N–H and O–H groups in total. The first-order valence-electron chi connectivity index (χ1n) is 14.8. The Kier molecular flexibility index (Phi) is 18.0. The van der Waals surface area contributed by atoms with Gasteiger partial charge in [-0.1, -0.05) is 66.7 Å². The SMILES string of the molecule is COC(=O)c1cccc(C(=O)OC)c1N(c1cccc(-c2ccccc2C)n1)c1cccc(-c2ccccc2C)n1.S=S=S=S=S=S=S=S=S=S=S. The molecular weight excluding hydrogens is 867 g/mol. The zero-order valence-electron chi connectivity index (χ0n) is 27.8. The molecule has 5 rings (SSSR count). The van der Waals surface area contributed by atoms with Gasteiger partial charge in [-0.25, -0.2) is 19.6 Å². The van der Waals surface area contributed by atoms with E-state index in [9.17, 15) is 9.59 Å². The fourth-order valence-electron chi connectivity index (χ4n) is 4.88. The molecule has 0 fully saturated rings. The van der Waals surface area contributed by atoms with Crippen molar-refractivity contribution in [1.29, 1.82) is 0 Å². The lowest BCUT2D eigenvalue weighted by atomic mass is 10.0. The topological polar surface area (TPSA) is 81.6 Å². The normalized spacial score (nSPS) is 9.85. The number of hydrogen-bond donors (Lipinski definition) is 0. The van der Waals surface area contributed by atoms with Crippen LogP contribution in [0.4, 0.5) is 17.3 Å². The van der Waals surface area contributed by atoms with Crippen molar-refractivity contribution in [2.45, 2.75) is 13.8 Å². The molecule has 2 heterocycles. The van der Waals surface area contributed by atoms with Gasteiger partial charge < -0.3 is 9.47 Å². The van der Waals surface area contributed by atoms with Crippen molar-refractivity contribution in [3.05, 3.63) is 125 Å². The molecular formula is C34H29N3O4S11. The second kappa shape index (κ2) is 22.4. The minimum Gasteiger partial charge on any atom is -0.465 e. The summed E-state index contributed by atoms with van der Waals surface area (Å²) in [4.78, 5) is 37.9. The Morgan fingerprint density at radius 1 is 0.538 bits per heavy atom. The molecule has 0 bridgehead atoms. The van der Waals surface area contributed by atoms with Crippen LogP contribution < -0.4 is 4.90 Å². The van der Waals surface area contributed by atoms with Gasteiger partial charge in [0.2, 0.25) is 0 Å². The van der Waals surface area contributed by atoms with E-state index in [0.29, 0.717) is 11.6 Å². The number of anilines is 3. The molecule has 0 aliphatic carbocycles. The second-order valence-electron chi connectivity index (χ2n) is 10.0. The predicted octanol–water partition coefficient (Wildman–Crippen LogP) is 7.44. The molecule has 18 heteroatoms. The van der Waals surface area contributed by atoms with Crippen molar-refractivity contribution in [3.63, 3.8) is 0 Å². The van der Waals surface area contributed by atoms with Crippen molar-refractivity contribution in [3.8, 4) is 22.5 Å². The summed E-state index contributed by atoms with van der Waals surface area (Å²) < 4.78 is 10.3. The minimum atomic E-state index is -0.610. The highest BCUT2D eigenvalue weighted by atomic mass is 33.4. The largest absolute Gasteiger partial charge is 0.465 e. The van der Waals surface area contributed by atoms with Crippen LogP contribution in [0.1, 0.15) is 31.8 Å². The van der Waals surface area contributed by atoms with Gasteiger partial charge in [0.25, 0.3) is 0 Å². The quantitative estimate of drug-likeness (QED) is 0.155. The standard InChI is InChI=1S/C34H29N3O4.S11/c1-22-12-5-7-14-24(22)28-18-10-20-30(35-28)37(31-21-11-19-29(36-31)25-15-8-6-13-23(25)2)32-26(33(38)40-3)16-9-17-27(32)34(39)41-4;1-3-5-7-9-11-10-8-6-4-2/h5-21H,1-4H3;. The van der Waals surface area contributed by atoms with Crippen molar-refractivity contribution in [2.24, 2.45) is 0 Å². The van der Waals surface area contributed by atoms with Gasteiger partial charge in [-0.05, 0) is 61.4 Å². The number of rotatable bonds is 7. The van der Waals surface area contributed by atoms with E-state index in [2.05, 4.69) is 22.4 Å². The molecule has 3 aromatic carbocycles. The van der Waals surface area contributed by atoms with Crippen molar-refractivity contribution in [2.75, 3.05) is 19.1 Å². The van der Waals surface area contributed by atoms with Gasteiger partial charge in [-0.3, -0.25) is 4.90 Å². The molecule has 0 amide bonds. The third-order valence-electron chi connectivity index (χ3n) is 7.06. The Balaban J connectivity index is 0.000000477. The average Bonchev–Trinajstić information content (AvgIpc) is 3.18. The maximum atomic E-state index is 13.1. The van der Waals surface area contributed by atoms with Gasteiger partial charge in [0.05, 0.1) is 42.4 Å². The molecule has 0 saturated carbocycles. The first-order chi connectivity index (χ1) is 25.3. The molecule has 0 atom stereocenters. The predicted molar refractivity (Wildman–Crippen MR) is 241 cm³/mol. The second-order valence-corrected chi connectivity index (χ2v) is 25.9. The lowest BCUT2D eigenvalue weighted by molar-refractivity contribution is 0.0601. The highest BCUT2D eigenvalue weighted by Crippen LogP contribution is 2.39. The first-order valence-corrected chi connectivity index (χ1v) is 28.1. The number of hydrogen-bond acceptors (Lipinski definition) is 9. The Morgan fingerprint density at radius 3 is 1.31 bits per heavy atom. The fraction of sp³-hybridized carbons (Fsp3) is 0.118. The molecule has 0 aliphatic heterocycles. The molecule has 2 aromatic heterocycles. The maximum absolute atomic E-state index is 13.1. The summed E-state index contributed by atoms with van der Waals surface area (Å²) in [7, 11) is 17.1. The van der Waals surface area contributed by atoms with E-state index in [1.165, 1.54) is 32.0 Å². The number of carbonyl (C=O) groups is 2. The van der Waals surface area contributed by atoms with Crippen LogP contribution in [-0.4, -0.2) is 36.1 Å². The Morgan fingerprint density at radius 2 is 0.923 bits per heavy atom. The number of para-hydroxylation sites is 1. The van der Waals surface area contributed by atoms with Crippen LogP contribution in [0.15, 0.2) is 103 Å². The summed E-state index contributed by atoms with van der Waals surface area (Å²) in [5.74, 6) is -0.301. The lowest BCUT2D eigenvalue weighted by Crippen LogP contribution is -2.21. The molecule has 0 unspecified atom stereocenters. The Hall–Kier alpha value is -2.88. The summed E-state index contributed by atoms with van der Waals surface area (Å²) in [5.41, 5.74) is 6.11. The Labute approximate surface area is 338 Å². The number of aromatic nitrogens is 2. The van der Waals surface area contributed by atoms with Gasteiger partial charge in [0, 0.05) is 113 Å². The molecule has 270 valence electrons. The highest BCUT2D eigenvalue weighted by molar-refractivity contribution is 8.74. The monoisotopic (exact) mass is 895 g/mol. The van der Waals surface area contributed by atoms with Crippen LogP contribution in [0.2, 0.25) is 0 Å². The summed E-state index contributed by atoms with van der Waals surface area (Å²) >= 11 is 9.35. The minimum absolute atomic E-state index is 0.168. The van der Waals surface area contributed by atoms with Crippen molar-refractivity contribution < 1.29 is 19.1 Å². The maximum Gasteiger partial charge on any atom is 0.340 e. The number of ether oxygens (including phenoxy) is 2. The van der Waals surface area contributed by atoms with Gasteiger partial charge >= 0.3 is 11.9 Å². The molecule has 5 aromatic rings. The lowest BCUT2D eigenvalue weighted by Gasteiger charge is -2.27. The smallest absolute Gasteiger partial charge is 0.340 e.